The fourth-order valence-electron chi connectivity index (χ4n) is 1.75. The number of hydrogen-bond acceptors (Lipinski definition) is 2. The van der Waals surface area contributed by atoms with Gasteiger partial charge in [-0.2, -0.15) is 0 Å². The van der Waals surface area contributed by atoms with Crippen LogP contribution in [0.2, 0.25) is 5.02 Å². The van der Waals surface area contributed by atoms with Crippen LogP contribution in [0.1, 0.15) is 24.1 Å². The first-order chi connectivity index (χ1) is 8.34. The SMILES string of the molecule is Clc1ccc(CCCCc2ccncn2)cc1. The molecule has 1 heterocycles. The predicted molar refractivity (Wildman–Crippen MR) is 70.1 cm³/mol. The smallest absolute Gasteiger partial charge is 0.115 e. The van der Waals surface area contributed by atoms with Crippen molar-refractivity contribution in [2.75, 3.05) is 0 Å². The van der Waals surface area contributed by atoms with E-state index in [-0.39, 0.29) is 0 Å². The Labute approximate surface area is 107 Å². The van der Waals surface area contributed by atoms with Gasteiger partial charge in [0.15, 0.2) is 0 Å². The lowest BCUT2D eigenvalue weighted by atomic mass is 10.1. The van der Waals surface area contributed by atoms with Crippen LogP contribution in [0.3, 0.4) is 0 Å². The Morgan fingerprint density at radius 1 is 0.941 bits per heavy atom. The van der Waals surface area contributed by atoms with Gasteiger partial charge in [0.05, 0.1) is 0 Å². The van der Waals surface area contributed by atoms with Gasteiger partial charge in [-0.3, -0.25) is 0 Å². The van der Waals surface area contributed by atoms with Crippen LogP contribution in [0.15, 0.2) is 42.9 Å². The van der Waals surface area contributed by atoms with Crippen molar-refractivity contribution in [2.45, 2.75) is 25.7 Å². The number of hydrogen-bond donors (Lipinski definition) is 0. The molecule has 2 rings (SSSR count). The monoisotopic (exact) mass is 246 g/mol. The van der Waals surface area contributed by atoms with E-state index in [2.05, 4.69) is 22.1 Å². The lowest BCUT2D eigenvalue weighted by Gasteiger charge is -2.02. The molecule has 0 saturated heterocycles. The largest absolute Gasteiger partial charge is 0.245 e. The van der Waals surface area contributed by atoms with E-state index < -0.39 is 0 Å². The summed E-state index contributed by atoms with van der Waals surface area (Å²) >= 11 is 5.84. The van der Waals surface area contributed by atoms with Gasteiger partial charge in [-0.25, -0.2) is 9.97 Å². The predicted octanol–water partition coefficient (Wildman–Crippen LogP) is 3.70. The van der Waals surface area contributed by atoms with Crippen molar-refractivity contribution in [3.8, 4) is 0 Å². The van der Waals surface area contributed by atoms with Crippen LogP contribution >= 0.6 is 11.6 Å². The zero-order valence-corrected chi connectivity index (χ0v) is 10.4. The van der Waals surface area contributed by atoms with Crippen LogP contribution in [0, 0.1) is 0 Å². The number of unbranched alkanes of at least 4 members (excludes halogenated alkanes) is 1. The van der Waals surface area contributed by atoms with E-state index in [1.165, 1.54) is 12.0 Å². The molecule has 0 fully saturated rings. The van der Waals surface area contributed by atoms with Crippen LogP contribution in [0.5, 0.6) is 0 Å². The van der Waals surface area contributed by atoms with Gasteiger partial charge in [-0.1, -0.05) is 23.7 Å². The van der Waals surface area contributed by atoms with Gasteiger partial charge in [-0.05, 0) is 49.4 Å². The van der Waals surface area contributed by atoms with E-state index in [0.29, 0.717) is 0 Å². The molecule has 0 atom stereocenters. The molecule has 0 aliphatic rings. The van der Waals surface area contributed by atoms with Gasteiger partial charge < -0.3 is 0 Å². The van der Waals surface area contributed by atoms with Crippen LogP contribution in [-0.4, -0.2) is 9.97 Å². The van der Waals surface area contributed by atoms with Crippen LogP contribution in [0.25, 0.3) is 0 Å². The standard InChI is InChI=1S/C14H15ClN2/c15-13-7-5-12(6-8-13)3-1-2-4-14-9-10-16-11-17-14/h5-11H,1-4H2. The topological polar surface area (TPSA) is 25.8 Å². The Bertz CT molecular complexity index is 440. The van der Waals surface area contributed by atoms with Crippen molar-refractivity contribution in [2.24, 2.45) is 0 Å². The summed E-state index contributed by atoms with van der Waals surface area (Å²) in [5.74, 6) is 0. The summed E-state index contributed by atoms with van der Waals surface area (Å²) in [6, 6.07) is 10.0. The highest BCUT2D eigenvalue weighted by Gasteiger charge is 1.96. The normalized spacial score (nSPS) is 10.4. The van der Waals surface area contributed by atoms with Gasteiger partial charge in [0.1, 0.15) is 6.33 Å². The summed E-state index contributed by atoms with van der Waals surface area (Å²) in [5, 5.41) is 0.801. The lowest BCUT2D eigenvalue weighted by molar-refractivity contribution is 0.721. The second kappa shape index (κ2) is 6.36. The Hall–Kier alpha value is -1.41. The number of rotatable bonds is 5. The number of halogens is 1. The van der Waals surface area contributed by atoms with E-state index >= 15 is 0 Å². The molecule has 0 unspecified atom stereocenters. The van der Waals surface area contributed by atoms with Crippen LogP contribution in [-0.2, 0) is 12.8 Å². The minimum absolute atomic E-state index is 0.801. The fraction of sp³-hybridized carbons (Fsp3) is 0.286. The molecule has 0 saturated carbocycles. The summed E-state index contributed by atoms with van der Waals surface area (Å²) in [5.41, 5.74) is 2.47. The maximum Gasteiger partial charge on any atom is 0.115 e. The van der Waals surface area contributed by atoms with Gasteiger partial charge in [0, 0.05) is 16.9 Å². The van der Waals surface area contributed by atoms with Gasteiger partial charge in [0.25, 0.3) is 0 Å². The summed E-state index contributed by atoms with van der Waals surface area (Å²) in [6.07, 6.45) is 7.85. The average Bonchev–Trinajstić information content (AvgIpc) is 2.38. The molecule has 0 bridgehead atoms. The molecule has 0 radical (unpaired) electrons. The first-order valence-corrected chi connectivity index (χ1v) is 6.22. The number of benzene rings is 1. The molecule has 0 amide bonds. The molecule has 0 aliphatic carbocycles. The molecule has 2 aromatic rings. The Morgan fingerprint density at radius 3 is 2.41 bits per heavy atom. The summed E-state index contributed by atoms with van der Waals surface area (Å²) in [4.78, 5) is 8.11. The van der Waals surface area contributed by atoms with Crippen molar-refractivity contribution < 1.29 is 0 Å². The molecule has 1 aromatic heterocycles. The number of nitrogens with zero attached hydrogens (tertiary/aromatic N) is 2. The zero-order valence-electron chi connectivity index (χ0n) is 9.64. The van der Waals surface area contributed by atoms with Crippen molar-refractivity contribution in [3.63, 3.8) is 0 Å². The molecule has 0 spiro atoms. The molecule has 1 aromatic carbocycles. The maximum atomic E-state index is 5.84. The summed E-state index contributed by atoms with van der Waals surface area (Å²) < 4.78 is 0. The van der Waals surface area contributed by atoms with Gasteiger partial charge in [0.2, 0.25) is 0 Å². The third-order valence-electron chi connectivity index (χ3n) is 2.70. The summed E-state index contributed by atoms with van der Waals surface area (Å²) in [7, 11) is 0. The van der Waals surface area contributed by atoms with E-state index in [4.69, 9.17) is 11.6 Å². The molecule has 0 N–H and O–H groups in total. The Morgan fingerprint density at radius 2 is 1.71 bits per heavy atom. The van der Waals surface area contributed by atoms with E-state index in [9.17, 15) is 0 Å². The van der Waals surface area contributed by atoms with Crippen molar-refractivity contribution in [1.29, 1.82) is 0 Å². The molecular formula is C14H15ClN2. The van der Waals surface area contributed by atoms with Crippen LogP contribution < -0.4 is 0 Å². The molecule has 17 heavy (non-hydrogen) atoms. The number of aryl methyl sites for hydroxylation is 2. The highest BCUT2D eigenvalue weighted by molar-refractivity contribution is 6.30. The zero-order chi connectivity index (χ0) is 11.9. The minimum atomic E-state index is 0.801. The Kier molecular flexibility index (Phi) is 4.51. The van der Waals surface area contributed by atoms with Crippen molar-refractivity contribution >= 4 is 11.6 Å². The van der Waals surface area contributed by atoms with Gasteiger partial charge in [-0.15, -0.1) is 0 Å². The first kappa shape index (κ1) is 12.1. The van der Waals surface area contributed by atoms with E-state index in [1.807, 2.05) is 18.2 Å². The third kappa shape index (κ3) is 4.16. The van der Waals surface area contributed by atoms with Gasteiger partial charge >= 0.3 is 0 Å². The third-order valence-corrected chi connectivity index (χ3v) is 2.96. The number of aromatic nitrogens is 2. The first-order valence-electron chi connectivity index (χ1n) is 5.84. The van der Waals surface area contributed by atoms with Crippen LogP contribution in [0.4, 0.5) is 0 Å². The van der Waals surface area contributed by atoms with Crippen molar-refractivity contribution in [3.05, 3.63) is 59.1 Å². The fourth-order valence-corrected chi connectivity index (χ4v) is 1.88. The molecule has 0 aliphatic heterocycles. The highest BCUT2D eigenvalue weighted by atomic mass is 35.5. The summed E-state index contributed by atoms with van der Waals surface area (Å²) in [6.45, 7) is 0. The minimum Gasteiger partial charge on any atom is -0.245 e. The Balaban J connectivity index is 1.71. The molecule has 88 valence electrons. The molecule has 2 nitrogen and oxygen atoms in total. The maximum absolute atomic E-state index is 5.84. The second-order valence-corrected chi connectivity index (χ2v) is 4.47. The lowest BCUT2D eigenvalue weighted by Crippen LogP contribution is -1.92. The second-order valence-electron chi connectivity index (χ2n) is 4.03. The van der Waals surface area contributed by atoms with Crippen molar-refractivity contribution in [1.82, 2.24) is 9.97 Å². The van der Waals surface area contributed by atoms with E-state index in [1.54, 1.807) is 12.5 Å². The highest BCUT2D eigenvalue weighted by Crippen LogP contribution is 2.12. The average molecular weight is 247 g/mol. The molecule has 3 heteroatoms. The van der Waals surface area contributed by atoms with E-state index in [0.717, 1.165) is 30.0 Å². The molecular weight excluding hydrogens is 232 g/mol. The quantitative estimate of drug-likeness (QED) is 0.752.